The number of hydrogen-bond donors (Lipinski definition) is 1. The molecule has 1 N–H and O–H groups in total. The lowest BCUT2D eigenvalue weighted by Crippen LogP contribution is -2.26. The Kier molecular flexibility index (Phi) is 4.13. The zero-order valence-electron chi connectivity index (χ0n) is 10.5. The average Bonchev–Trinajstić information content (AvgIpc) is 2.41. The van der Waals surface area contributed by atoms with Gasteiger partial charge in [-0.05, 0) is 18.9 Å². The predicted molar refractivity (Wildman–Crippen MR) is 72.1 cm³/mol. The van der Waals surface area contributed by atoms with Crippen molar-refractivity contribution in [2.75, 3.05) is 6.61 Å². The second-order valence-corrected chi connectivity index (χ2v) is 4.43. The van der Waals surface area contributed by atoms with Crippen LogP contribution in [0, 0.1) is 0 Å². The summed E-state index contributed by atoms with van der Waals surface area (Å²) in [6, 6.07) is 19.5. The largest absolute Gasteiger partial charge is 0.362 e. The molecule has 0 amide bonds. The molecule has 0 saturated carbocycles. The minimum absolute atomic E-state index is 0.492. The summed E-state index contributed by atoms with van der Waals surface area (Å²) in [6.07, 6.45) is 0.795. The third-order valence-corrected chi connectivity index (χ3v) is 2.93. The Hall–Kier alpha value is -1.64. The molecule has 2 nitrogen and oxygen atoms in total. The molecule has 0 fully saturated rings. The summed E-state index contributed by atoms with van der Waals surface area (Å²) in [6.45, 7) is 2.17. The fraction of sp³-hybridized carbons (Fsp3) is 0.250. The van der Waals surface area contributed by atoms with Gasteiger partial charge in [0, 0.05) is 5.56 Å². The molecule has 1 atom stereocenters. The second kappa shape index (κ2) is 5.80. The summed E-state index contributed by atoms with van der Waals surface area (Å²) < 4.78 is 5.58. The smallest absolute Gasteiger partial charge is 0.189 e. The molecule has 0 aliphatic carbocycles. The normalized spacial score (nSPS) is 14.1. The maximum Gasteiger partial charge on any atom is 0.189 e. The van der Waals surface area contributed by atoms with Crippen LogP contribution in [0.1, 0.15) is 18.1 Å². The summed E-state index contributed by atoms with van der Waals surface area (Å²) >= 11 is 0. The molecule has 0 aliphatic rings. The van der Waals surface area contributed by atoms with Crippen LogP contribution in [0.25, 0.3) is 0 Å². The lowest BCUT2D eigenvalue weighted by Gasteiger charge is -2.24. The van der Waals surface area contributed by atoms with Crippen LogP contribution in [-0.4, -0.2) is 11.7 Å². The van der Waals surface area contributed by atoms with Crippen molar-refractivity contribution in [1.29, 1.82) is 0 Å². The van der Waals surface area contributed by atoms with E-state index in [0.717, 1.165) is 12.0 Å². The van der Waals surface area contributed by atoms with E-state index in [9.17, 15) is 5.11 Å². The molecule has 0 saturated heterocycles. The number of ether oxygens (including phenoxy) is 1. The molecular weight excluding hydrogens is 224 g/mol. The van der Waals surface area contributed by atoms with Gasteiger partial charge in [-0.15, -0.1) is 0 Å². The Labute approximate surface area is 108 Å². The van der Waals surface area contributed by atoms with Crippen molar-refractivity contribution in [3.8, 4) is 0 Å². The van der Waals surface area contributed by atoms with Gasteiger partial charge in [0.05, 0.1) is 6.61 Å². The summed E-state index contributed by atoms with van der Waals surface area (Å²) in [7, 11) is 0. The number of rotatable bonds is 5. The van der Waals surface area contributed by atoms with Gasteiger partial charge in [0.25, 0.3) is 0 Å². The summed E-state index contributed by atoms with van der Waals surface area (Å²) in [5, 5.41) is 10.2. The highest BCUT2D eigenvalue weighted by atomic mass is 16.6. The summed E-state index contributed by atoms with van der Waals surface area (Å²) in [5.41, 5.74) is 1.99. The zero-order chi connectivity index (χ0) is 12.8. The van der Waals surface area contributed by atoms with Crippen LogP contribution in [0.4, 0.5) is 0 Å². The van der Waals surface area contributed by atoms with E-state index in [1.54, 1.807) is 6.92 Å². The molecule has 1 unspecified atom stereocenters. The second-order valence-electron chi connectivity index (χ2n) is 4.43. The number of hydrogen-bond acceptors (Lipinski definition) is 2. The van der Waals surface area contributed by atoms with Gasteiger partial charge in [0.2, 0.25) is 0 Å². The highest BCUT2D eigenvalue weighted by molar-refractivity contribution is 5.19. The molecule has 0 aromatic heterocycles. The van der Waals surface area contributed by atoms with Gasteiger partial charge in [-0.1, -0.05) is 60.7 Å². The van der Waals surface area contributed by atoms with Crippen LogP contribution in [0.3, 0.4) is 0 Å². The monoisotopic (exact) mass is 242 g/mol. The van der Waals surface area contributed by atoms with Crippen LogP contribution in [0.5, 0.6) is 0 Å². The maximum absolute atomic E-state index is 10.2. The molecule has 18 heavy (non-hydrogen) atoms. The molecule has 0 spiro atoms. The number of benzene rings is 2. The highest BCUT2D eigenvalue weighted by Gasteiger charge is 2.22. The van der Waals surface area contributed by atoms with Crippen LogP contribution in [0.15, 0.2) is 60.7 Å². The first-order valence-corrected chi connectivity index (χ1v) is 6.14. The van der Waals surface area contributed by atoms with E-state index in [1.165, 1.54) is 5.56 Å². The molecule has 0 bridgehead atoms. The zero-order valence-corrected chi connectivity index (χ0v) is 10.5. The van der Waals surface area contributed by atoms with E-state index in [2.05, 4.69) is 12.1 Å². The lowest BCUT2D eigenvalue weighted by atomic mass is 10.1. The van der Waals surface area contributed by atoms with Gasteiger partial charge in [-0.3, -0.25) is 0 Å². The minimum Gasteiger partial charge on any atom is -0.362 e. The van der Waals surface area contributed by atoms with Crippen molar-refractivity contribution in [2.45, 2.75) is 19.1 Å². The van der Waals surface area contributed by atoms with Crippen LogP contribution >= 0.6 is 0 Å². The van der Waals surface area contributed by atoms with Crippen LogP contribution in [0.2, 0.25) is 0 Å². The van der Waals surface area contributed by atoms with E-state index in [4.69, 9.17) is 4.74 Å². The average molecular weight is 242 g/mol. The fourth-order valence-corrected chi connectivity index (χ4v) is 1.84. The Balaban J connectivity index is 1.90. The van der Waals surface area contributed by atoms with Gasteiger partial charge in [0.1, 0.15) is 0 Å². The van der Waals surface area contributed by atoms with Crippen molar-refractivity contribution in [3.63, 3.8) is 0 Å². The summed E-state index contributed by atoms with van der Waals surface area (Å²) in [4.78, 5) is 0. The first-order valence-electron chi connectivity index (χ1n) is 6.14. The molecule has 2 aromatic rings. The van der Waals surface area contributed by atoms with Crippen molar-refractivity contribution in [3.05, 3.63) is 71.8 Å². The standard InChI is InChI=1S/C16H18O2/c1-16(17,15-10-6-3-7-11-15)18-13-12-14-8-4-2-5-9-14/h2-11,17H,12-13H2,1H3. The highest BCUT2D eigenvalue weighted by Crippen LogP contribution is 2.21. The Bertz CT molecular complexity index is 463. The van der Waals surface area contributed by atoms with Gasteiger partial charge in [-0.25, -0.2) is 0 Å². The van der Waals surface area contributed by atoms with Crippen LogP contribution in [-0.2, 0) is 16.9 Å². The maximum atomic E-state index is 10.2. The predicted octanol–water partition coefficient (Wildman–Crippen LogP) is 3.11. The van der Waals surface area contributed by atoms with Crippen molar-refractivity contribution < 1.29 is 9.84 Å². The first-order chi connectivity index (χ1) is 8.68. The van der Waals surface area contributed by atoms with Gasteiger partial charge in [-0.2, -0.15) is 0 Å². The van der Waals surface area contributed by atoms with E-state index < -0.39 is 5.79 Å². The SMILES string of the molecule is CC(O)(OCCc1ccccc1)c1ccccc1. The molecule has 2 aromatic carbocycles. The van der Waals surface area contributed by atoms with E-state index >= 15 is 0 Å². The Morgan fingerprint density at radius 2 is 1.50 bits per heavy atom. The lowest BCUT2D eigenvalue weighted by molar-refractivity contribution is -0.198. The Morgan fingerprint density at radius 3 is 2.11 bits per heavy atom. The van der Waals surface area contributed by atoms with Gasteiger partial charge >= 0.3 is 0 Å². The van der Waals surface area contributed by atoms with Crippen LogP contribution < -0.4 is 0 Å². The first kappa shape index (κ1) is 12.8. The molecule has 2 heteroatoms. The molecule has 2 rings (SSSR count). The Morgan fingerprint density at radius 1 is 0.944 bits per heavy atom. The van der Waals surface area contributed by atoms with Crippen molar-refractivity contribution in [1.82, 2.24) is 0 Å². The molecule has 0 aliphatic heterocycles. The van der Waals surface area contributed by atoms with Crippen molar-refractivity contribution >= 4 is 0 Å². The molecule has 0 heterocycles. The number of aliphatic hydroxyl groups is 1. The quantitative estimate of drug-likeness (QED) is 0.816. The molecule has 94 valence electrons. The van der Waals surface area contributed by atoms with E-state index in [1.807, 2.05) is 48.5 Å². The van der Waals surface area contributed by atoms with Gasteiger partial charge in [0.15, 0.2) is 5.79 Å². The van der Waals surface area contributed by atoms with Gasteiger partial charge < -0.3 is 9.84 Å². The fourth-order valence-electron chi connectivity index (χ4n) is 1.84. The molecule has 0 radical (unpaired) electrons. The van der Waals surface area contributed by atoms with E-state index in [-0.39, 0.29) is 0 Å². The third kappa shape index (κ3) is 3.42. The summed E-state index contributed by atoms with van der Waals surface area (Å²) in [5.74, 6) is -1.23. The minimum atomic E-state index is -1.23. The van der Waals surface area contributed by atoms with E-state index in [0.29, 0.717) is 6.61 Å². The van der Waals surface area contributed by atoms with Crippen molar-refractivity contribution in [2.24, 2.45) is 0 Å². The topological polar surface area (TPSA) is 29.5 Å². The third-order valence-electron chi connectivity index (χ3n) is 2.93. The molecular formula is C16H18O2.